The molecule has 0 N–H and O–H groups in total. The van der Waals surface area contributed by atoms with Crippen molar-refractivity contribution in [3.05, 3.63) is 18.5 Å². The van der Waals surface area contributed by atoms with Gasteiger partial charge in [-0.2, -0.15) is 13.2 Å². The molecule has 0 aliphatic rings. The summed E-state index contributed by atoms with van der Waals surface area (Å²) in [4.78, 5) is 4.00. The molecule has 6 heteroatoms. The maximum atomic E-state index is 11.6. The molecule has 0 spiro atoms. The first kappa shape index (κ1) is 11.6. The highest BCUT2D eigenvalue weighted by molar-refractivity contribution is 8.00. The first-order chi connectivity index (χ1) is 6.79. The zero-order valence-electron chi connectivity index (χ0n) is 7.45. The van der Waals surface area contributed by atoms with Crippen molar-refractivity contribution < 1.29 is 8.78 Å². The predicted octanol–water partition coefficient (Wildman–Crippen LogP) is 3.58. The van der Waals surface area contributed by atoms with Gasteiger partial charge in [-0.25, -0.2) is 4.98 Å². The van der Waals surface area contributed by atoms with Gasteiger partial charge in [0.2, 0.25) is 0 Å². The van der Waals surface area contributed by atoms with Crippen LogP contribution in [0.5, 0.6) is 0 Å². The molecule has 78 valence electrons. The summed E-state index contributed by atoms with van der Waals surface area (Å²) in [6.45, 7) is 0. The van der Waals surface area contributed by atoms with E-state index in [4.69, 9.17) is 0 Å². The highest BCUT2D eigenvalue weighted by atomic mass is 32.2. The van der Waals surface area contributed by atoms with Gasteiger partial charge >= 0.3 is 0 Å². The van der Waals surface area contributed by atoms with Gasteiger partial charge in [-0.3, -0.25) is 0 Å². The lowest BCUT2D eigenvalue weighted by Gasteiger charge is -1.95. The van der Waals surface area contributed by atoms with E-state index < -0.39 is 6.08 Å². The fourth-order valence-corrected chi connectivity index (χ4v) is 2.36. The van der Waals surface area contributed by atoms with E-state index in [-0.39, 0.29) is 0 Å². The van der Waals surface area contributed by atoms with Gasteiger partial charge < -0.3 is 0 Å². The second-order valence-electron chi connectivity index (χ2n) is 2.55. The fourth-order valence-electron chi connectivity index (χ4n) is 0.844. The normalized spacial score (nSPS) is 10.1. The lowest BCUT2D eigenvalue weighted by molar-refractivity contribution is 0.417. The lowest BCUT2D eigenvalue weighted by Crippen LogP contribution is -1.79. The topological polar surface area (TPSA) is 25.8 Å². The smallest absolute Gasteiger partial charge is 0.216 e. The number of halogens is 2. The average molecular weight is 236 g/mol. The maximum Gasteiger partial charge on any atom is 0.266 e. The molecule has 14 heavy (non-hydrogen) atoms. The van der Waals surface area contributed by atoms with E-state index in [2.05, 4.69) is 9.36 Å². The third-order valence-corrected chi connectivity index (χ3v) is 3.35. The summed E-state index contributed by atoms with van der Waals surface area (Å²) in [7, 11) is 0. The van der Waals surface area contributed by atoms with E-state index in [9.17, 15) is 8.78 Å². The Balaban J connectivity index is 1.98. The first-order valence-corrected chi connectivity index (χ1v) is 5.95. The molecule has 0 bridgehead atoms. The Kier molecular flexibility index (Phi) is 5.70. The highest BCUT2D eigenvalue weighted by Crippen LogP contribution is 2.19. The van der Waals surface area contributed by atoms with Gasteiger partial charge in [0.15, 0.2) is 4.34 Å². The van der Waals surface area contributed by atoms with Crippen molar-refractivity contribution in [1.29, 1.82) is 0 Å². The Hall–Kier alpha value is -0.490. The standard InChI is InChI=1S/C8H10F2N2S2/c9-7(10)4-2-1-3-5-13-8-11-6-12-14-8/h4,6H,1-3,5H2. The minimum Gasteiger partial charge on any atom is -0.216 e. The molecule has 0 amide bonds. The van der Waals surface area contributed by atoms with E-state index in [0.29, 0.717) is 6.42 Å². The molecule has 0 unspecified atom stereocenters. The number of unbranched alkanes of at least 4 members (excludes halogenated alkanes) is 2. The molecule has 0 aromatic carbocycles. The van der Waals surface area contributed by atoms with Gasteiger partial charge in [-0.05, 0) is 36.9 Å². The second kappa shape index (κ2) is 6.89. The van der Waals surface area contributed by atoms with E-state index in [1.165, 1.54) is 17.9 Å². The van der Waals surface area contributed by atoms with Gasteiger partial charge in [0.25, 0.3) is 6.08 Å². The molecule has 0 radical (unpaired) electrons. The third kappa shape index (κ3) is 5.29. The summed E-state index contributed by atoms with van der Waals surface area (Å²) in [6.07, 6.45) is 3.08. The zero-order chi connectivity index (χ0) is 10.2. The number of rotatable bonds is 6. The highest BCUT2D eigenvalue weighted by Gasteiger charge is 1.96. The van der Waals surface area contributed by atoms with E-state index in [0.717, 1.165) is 29.0 Å². The molecule has 0 aliphatic heterocycles. The molecule has 2 nitrogen and oxygen atoms in total. The second-order valence-corrected chi connectivity index (χ2v) is 4.67. The van der Waals surface area contributed by atoms with E-state index >= 15 is 0 Å². The van der Waals surface area contributed by atoms with Gasteiger partial charge in [0.1, 0.15) is 6.33 Å². The quantitative estimate of drug-likeness (QED) is 0.557. The van der Waals surface area contributed by atoms with Crippen molar-refractivity contribution in [2.45, 2.75) is 23.6 Å². The fraction of sp³-hybridized carbons (Fsp3) is 0.500. The molecule has 0 saturated heterocycles. The Morgan fingerprint density at radius 3 is 3.00 bits per heavy atom. The SMILES string of the molecule is FC(F)=CCCCCSc1ncns1. The predicted molar refractivity (Wildman–Crippen MR) is 54.8 cm³/mol. The first-order valence-electron chi connectivity index (χ1n) is 4.19. The molecular formula is C8H10F2N2S2. The van der Waals surface area contributed by atoms with Crippen molar-refractivity contribution in [1.82, 2.24) is 9.36 Å². The van der Waals surface area contributed by atoms with Crippen LogP contribution in [-0.4, -0.2) is 15.1 Å². The van der Waals surface area contributed by atoms with Crippen LogP contribution >= 0.6 is 23.3 Å². The van der Waals surface area contributed by atoms with Crippen molar-refractivity contribution in [2.75, 3.05) is 5.75 Å². The van der Waals surface area contributed by atoms with E-state index in [1.54, 1.807) is 11.8 Å². The number of thioether (sulfide) groups is 1. The van der Waals surface area contributed by atoms with Gasteiger partial charge in [0, 0.05) is 5.75 Å². The number of nitrogens with zero attached hydrogens (tertiary/aromatic N) is 2. The van der Waals surface area contributed by atoms with Gasteiger partial charge in [0.05, 0.1) is 0 Å². The van der Waals surface area contributed by atoms with Crippen LogP contribution in [-0.2, 0) is 0 Å². The summed E-state index contributed by atoms with van der Waals surface area (Å²) in [5.74, 6) is 0.914. The third-order valence-electron chi connectivity index (χ3n) is 1.46. The van der Waals surface area contributed by atoms with Crippen LogP contribution in [0.4, 0.5) is 8.78 Å². The van der Waals surface area contributed by atoms with Crippen molar-refractivity contribution in [3.8, 4) is 0 Å². The minimum atomic E-state index is -1.58. The molecule has 1 aromatic rings. The van der Waals surface area contributed by atoms with Crippen LogP contribution in [0.15, 0.2) is 22.8 Å². The molecule has 0 saturated carbocycles. The van der Waals surface area contributed by atoms with E-state index in [1.807, 2.05) is 0 Å². The Bertz CT molecular complexity index is 271. The van der Waals surface area contributed by atoms with Gasteiger partial charge in [-0.15, -0.1) is 0 Å². The van der Waals surface area contributed by atoms with Crippen LogP contribution in [0.3, 0.4) is 0 Å². The number of allylic oxidation sites excluding steroid dienone is 1. The maximum absolute atomic E-state index is 11.6. The Morgan fingerprint density at radius 2 is 2.36 bits per heavy atom. The summed E-state index contributed by atoms with van der Waals surface area (Å²) in [5.41, 5.74) is 0. The monoisotopic (exact) mass is 236 g/mol. The van der Waals surface area contributed by atoms with Crippen LogP contribution < -0.4 is 0 Å². The molecule has 1 heterocycles. The van der Waals surface area contributed by atoms with Crippen LogP contribution in [0.2, 0.25) is 0 Å². The van der Waals surface area contributed by atoms with Crippen LogP contribution in [0.1, 0.15) is 19.3 Å². The zero-order valence-corrected chi connectivity index (χ0v) is 9.08. The molecule has 1 rings (SSSR count). The molecular weight excluding hydrogens is 226 g/mol. The Labute approximate surface area is 89.6 Å². The minimum absolute atomic E-state index is 0.457. The van der Waals surface area contributed by atoms with Crippen molar-refractivity contribution >= 4 is 23.3 Å². The Morgan fingerprint density at radius 1 is 1.50 bits per heavy atom. The van der Waals surface area contributed by atoms with Crippen molar-refractivity contribution in [3.63, 3.8) is 0 Å². The summed E-state index contributed by atoms with van der Waals surface area (Å²) < 4.78 is 28.0. The summed E-state index contributed by atoms with van der Waals surface area (Å²) >= 11 is 2.98. The lowest BCUT2D eigenvalue weighted by atomic mass is 10.2. The summed E-state index contributed by atoms with van der Waals surface area (Å²) in [5, 5.41) is 0. The molecule has 0 aliphatic carbocycles. The molecule has 0 atom stereocenters. The average Bonchev–Trinajstić information content (AvgIpc) is 2.63. The largest absolute Gasteiger partial charge is 0.266 e. The molecule has 0 fully saturated rings. The van der Waals surface area contributed by atoms with Gasteiger partial charge in [-0.1, -0.05) is 11.8 Å². The van der Waals surface area contributed by atoms with Crippen LogP contribution in [0, 0.1) is 0 Å². The van der Waals surface area contributed by atoms with Crippen LogP contribution in [0.25, 0.3) is 0 Å². The number of hydrogen-bond donors (Lipinski definition) is 0. The summed E-state index contributed by atoms with van der Waals surface area (Å²) in [6, 6.07) is 0. The number of hydrogen-bond acceptors (Lipinski definition) is 4. The number of aromatic nitrogens is 2. The molecule has 1 aromatic heterocycles. The van der Waals surface area contributed by atoms with Crippen molar-refractivity contribution in [2.24, 2.45) is 0 Å².